The minimum Gasteiger partial charge on any atom is -0.421 e. The van der Waals surface area contributed by atoms with Gasteiger partial charge in [-0.05, 0) is 35.4 Å². The van der Waals surface area contributed by atoms with Gasteiger partial charge in [0.25, 0.3) is 5.56 Å². The van der Waals surface area contributed by atoms with Crippen molar-refractivity contribution in [2.24, 2.45) is 7.05 Å². The fraction of sp³-hybridized carbons (Fsp3) is 0.0588. The second-order valence-electron chi connectivity index (χ2n) is 5.23. The number of benzene rings is 2. The van der Waals surface area contributed by atoms with E-state index in [9.17, 15) is 19.2 Å². The number of halogens is 1. The summed E-state index contributed by atoms with van der Waals surface area (Å²) < 4.78 is 14.2. The smallest absolute Gasteiger partial charge is 0.365 e. The molecule has 1 heterocycles. The molecule has 3 aromatic rings. The summed E-state index contributed by atoms with van der Waals surface area (Å²) in [4.78, 5) is 23.3. The SMILES string of the molecule is Cn1c(Nc2cccc(-c3ccc(F)cc3)c2)cc(=O)n(O)c1=O. The molecule has 0 fully saturated rings. The largest absolute Gasteiger partial charge is 0.421 e. The minimum absolute atomic E-state index is 0.0418. The molecule has 0 spiro atoms. The van der Waals surface area contributed by atoms with Crippen LogP contribution < -0.4 is 16.6 Å². The van der Waals surface area contributed by atoms with E-state index in [2.05, 4.69) is 5.32 Å². The quantitative estimate of drug-likeness (QED) is 0.724. The molecule has 0 unspecified atom stereocenters. The Kier molecular flexibility index (Phi) is 3.91. The highest BCUT2D eigenvalue weighted by atomic mass is 19.1. The van der Waals surface area contributed by atoms with Gasteiger partial charge in [0.2, 0.25) is 0 Å². The molecule has 6 nitrogen and oxygen atoms in total. The van der Waals surface area contributed by atoms with Crippen LogP contribution in [0.3, 0.4) is 0 Å². The second-order valence-corrected chi connectivity index (χ2v) is 5.23. The van der Waals surface area contributed by atoms with E-state index in [0.29, 0.717) is 5.69 Å². The van der Waals surface area contributed by atoms with E-state index in [1.54, 1.807) is 24.3 Å². The molecule has 0 aliphatic rings. The Balaban J connectivity index is 1.98. The maximum absolute atomic E-state index is 13.0. The number of rotatable bonds is 3. The fourth-order valence-corrected chi connectivity index (χ4v) is 2.30. The average molecular weight is 327 g/mol. The summed E-state index contributed by atoms with van der Waals surface area (Å²) in [5.41, 5.74) is 0.650. The number of hydrogen-bond donors (Lipinski definition) is 2. The maximum atomic E-state index is 13.0. The Labute approximate surface area is 136 Å². The van der Waals surface area contributed by atoms with Gasteiger partial charge < -0.3 is 10.5 Å². The summed E-state index contributed by atoms with van der Waals surface area (Å²) >= 11 is 0. The summed E-state index contributed by atoms with van der Waals surface area (Å²) in [6.45, 7) is 0. The van der Waals surface area contributed by atoms with Crippen molar-refractivity contribution in [3.8, 4) is 11.1 Å². The van der Waals surface area contributed by atoms with Crippen LogP contribution in [0.2, 0.25) is 0 Å². The van der Waals surface area contributed by atoms with Crippen molar-refractivity contribution in [1.82, 2.24) is 9.30 Å². The van der Waals surface area contributed by atoms with E-state index in [4.69, 9.17) is 0 Å². The first-order chi connectivity index (χ1) is 11.5. The van der Waals surface area contributed by atoms with Gasteiger partial charge in [-0.2, -0.15) is 0 Å². The van der Waals surface area contributed by atoms with E-state index < -0.39 is 11.2 Å². The molecule has 1 aromatic heterocycles. The first-order valence-electron chi connectivity index (χ1n) is 7.11. The Bertz CT molecular complexity index is 1010. The molecule has 0 bridgehead atoms. The molecule has 0 saturated heterocycles. The zero-order chi connectivity index (χ0) is 17.3. The maximum Gasteiger partial charge on any atom is 0.365 e. The lowest BCUT2D eigenvalue weighted by Gasteiger charge is -2.12. The number of hydrogen-bond acceptors (Lipinski definition) is 4. The van der Waals surface area contributed by atoms with Crippen LogP contribution in [0, 0.1) is 5.82 Å². The molecular formula is C17H14FN3O3. The van der Waals surface area contributed by atoms with E-state index in [1.807, 2.05) is 12.1 Å². The zero-order valence-corrected chi connectivity index (χ0v) is 12.7. The molecule has 3 rings (SSSR count). The van der Waals surface area contributed by atoms with Gasteiger partial charge >= 0.3 is 5.69 Å². The lowest BCUT2D eigenvalue weighted by Crippen LogP contribution is -2.37. The van der Waals surface area contributed by atoms with Gasteiger partial charge in [0, 0.05) is 18.8 Å². The summed E-state index contributed by atoms with van der Waals surface area (Å²) in [5, 5.41) is 12.3. The van der Waals surface area contributed by atoms with Crippen LogP contribution in [0.25, 0.3) is 11.1 Å². The summed E-state index contributed by atoms with van der Waals surface area (Å²) in [7, 11) is 1.43. The number of aromatic nitrogens is 2. The molecule has 122 valence electrons. The first kappa shape index (κ1) is 15.5. The van der Waals surface area contributed by atoms with E-state index >= 15 is 0 Å². The number of anilines is 2. The van der Waals surface area contributed by atoms with Crippen LogP contribution in [0.1, 0.15) is 0 Å². The molecule has 0 aliphatic carbocycles. The van der Waals surface area contributed by atoms with Crippen molar-refractivity contribution in [1.29, 1.82) is 0 Å². The average Bonchev–Trinajstić information content (AvgIpc) is 2.59. The molecular weight excluding hydrogens is 313 g/mol. The van der Waals surface area contributed by atoms with Crippen LogP contribution in [-0.4, -0.2) is 14.5 Å². The van der Waals surface area contributed by atoms with Gasteiger partial charge in [-0.3, -0.25) is 9.36 Å². The summed E-state index contributed by atoms with van der Waals surface area (Å²) in [6.07, 6.45) is 0. The predicted molar refractivity (Wildman–Crippen MR) is 88.2 cm³/mol. The molecule has 2 aromatic carbocycles. The molecule has 0 amide bonds. The molecule has 0 aliphatic heterocycles. The van der Waals surface area contributed by atoms with Crippen molar-refractivity contribution in [2.45, 2.75) is 0 Å². The summed E-state index contributed by atoms with van der Waals surface area (Å²) in [5.74, 6) is -0.0702. The van der Waals surface area contributed by atoms with E-state index in [0.717, 1.165) is 21.8 Å². The lowest BCUT2D eigenvalue weighted by molar-refractivity contribution is 0.156. The second kappa shape index (κ2) is 6.04. The van der Waals surface area contributed by atoms with Crippen LogP contribution in [0.15, 0.2) is 64.2 Å². The van der Waals surface area contributed by atoms with Gasteiger partial charge in [0.15, 0.2) is 0 Å². The normalized spacial score (nSPS) is 10.6. The van der Waals surface area contributed by atoms with Crippen LogP contribution >= 0.6 is 0 Å². The predicted octanol–water partition coefficient (Wildman–Crippen LogP) is 2.33. The molecule has 0 saturated carbocycles. The highest BCUT2D eigenvalue weighted by Gasteiger charge is 2.08. The van der Waals surface area contributed by atoms with E-state index in [-0.39, 0.29) is 16.4 Å². The standard InChI is InChI=1S/C17H14FN3O3/c1-20-15(10-16(22)21(24)17(20)23)19-14-4-2-3-12(9-14)11-5-7-13(18)8-6-11/h2-10,19,24H,1H3. The summed E-state index contributed by atoms with van der Waals surface area (Å²) in [6, 6.07) is 14.4. The van der Waals surface area contributed by atoms with Gasteiger partial charge in [0.1, 0.15) is 11.6 Å². The molecule has 7 heteroatoms. The molecule has 0 radical (unpaired) electrons. The molecule has 2 N–H and O–H groups in total. The van der Waals surface area contributed by atoms with Crippen LogP contribution in [0.5, 0.6) is 0 Å². The van der Waals surface area contributed by atoms with Gasteiger partial charge in [-0.15, -0.1) is 0 Å². The first-order valence-corrected chi connectivity index (χ1v) is 7.11. The minimum atomic E-state index is -0.848. The van der Waals surface area contributed by atoms with E-state index in [1.165, 1.54) is 19.2 Å². The van der Waals surface area contributed by atoms with Gasteiger partial charge in [0.05, 0.1) is 0 Å². The monoisotopic (exact) mass is 327 g/mol. The van der Waals surface area contributed by atoms with Gasteiger partial charge in [-0.1, -0.05) is 29.0 Å². The van der Waals surface area contributed by atoms with Crippen LogP contribution in [-0.2, 0) is 7.05 Å². The molecule has 0 atom stereocenters. The van der Waals surface area contributed by atoms with Crippen molar-refractivity contribution in [3.63, 3.8) is 0 Å². The third kappa shape index (κ3) is 2.91. The van der Waals surface area contributed by atoms with Crippen molar-refractivity contribution >= 4 is 11.5 Å². The Morgan fingerprint density at radius 2 is 1.71 bits per heavy atom. The lowest BCUT2D eigenvalue weighted by atomic mass is 10.1. The van der Waals surface area contributed by atoms with Crippen LogP contribution in [0.4, 0.5) is 15.9 Å². The van der Waals surface area contributed by atoms with Crippen molar-refractivity contribution < 1.29 is 9.60 Å². The fourth-order valence-electron chi connectivity index (χ4n) is 2.30. The third-order valence-corrected chi connectivity index (χ3v) is 3.61. The number of nitrogens with zero attached hydrogens (tertiary/aromatic N) is 2. The Morgan fingerprint density at radius 1 is 1.00 bits per heavy atom. The van der Waals surface area contributed by atoms with Gasteiger partial charge in [-0.25, -0.2) is 9.18 Å². The molecule has 24 heavy (non-hydrogen) atoms. The number of nitrogens with one attached hydrogen (secondary N) is 1. The third-order valence-electron chi connectivity index (χ3n) is 3.61. The van der Waals surface area contributed by atoms with Crippen molar-refractivity contribution in [3.05, 3.63) is 81.3 Å². The Hall–Kier alpha value is -3.35. The zero-order valence-electron chi connectivity index (χ0n) is 12.7. The Morgan fingerprint density at radius 3 is 2.42 bits per heavy atom. The topological polar surface area (TPSA) is 76.3 Å². The highest BCUT2D eigenvalue weighted by molar-refractivity contribution is 5.70. The highest BCUT2D eigenvalue weighted by Crippen LogP contribution is 2.24. The van der Waals surface area contributed by atoms with Crippen molar-refractivity contribution in [2.75, 3.05) is 5.32 Å².